The molecule has 0 radical (unpaired) electrons. The van der Waals surface area contributed by atoms with Crippen molar-refractivity contribution in [1.29, 1.82) is 0 Å². The van der Waals surface area contributed by atoms with Gasteiger partial charge in [-0.2, -0.15) is 0 Å². The van der Waals surface area contributed by atoms with Crippen LogP contribution < -0.4 is 5.32 Å². The lowest BCUT2D eigenvalue weighted by atomic mass is 10.4. The van der Waals surface area contributed by atoms with Crippen molar-refractivity contribution >= 4 is 17.3 Å². The van der Waals surface area contributed by atoms with Crippen molar-refractivity contribution in [3.8, 4) is 0 Å². The van der Waals surface area contributed by atoms with Gasteiger partial charge in [-0.3, -0.25) is 4.99 Å². The normalized spacial score (nSPS) is 16.4. The largest absolute Gasteiger partial charge is 0.389 e. The molecule has 1 aromatic heterocycles. The van der Waals surface area contributed by atoms with Gasteiger partial charge in [0, 0.05) is 25.6 Å². The highest BCUT2D eigenvalue weighted by Gasteiger charge is 2.21. The van der Waals surface area contributed by atoms with E-state index in [2.05, 4.69) is 20.7 Å². The number of ether oxygens (including phenoxy) is 1. The van der Waals surface area contributed by atoms with Gasteiger partial charge in [0.2, 0.25) is 0 Å². The van der Waals surface area contributed by atoms with Gasteiger partial charge in [0.15, 0.2) is 5.96 Å². The standard InChI is InChI=1S/C16H28N4O2S/c1-4-17-16(20(3)8-14-11-23-12(2)19-14)18-7-15(21)10-22-9-13-5-6-13/h11,13,15,21H,4-10H2,1-3H3,(H,17,18). The minimum absolute atomic E-state index is 0.341. The van der Waals surface area contributed by atoms with Crippen LogP contribution in [0.5, 0.6) is 0 Å². The molecular formula is C16H28N4O2S. The minimum atomic E-state index is -0.558. The number of aliphatic imine (C=N–C) groups is 1. The molecule has 1 aliphatic rings. The summed E-state index contributed by atoms with van der Waals surface area (Å²) in [6, 6.07) is 0. The summed E-state index contributed by atoms with van der Waals surface area (Å²) in [5.41, 5.74) is 1.04. The van der Waals surface area contributed by atoms with Crippen LogP contribution in [-0.2, 0) is 11.3 Å². The van der Waals surface area contributed by atoms with Crippen LogP contribution in [0.4, 0.5) is 0 Å². The molecule has 1 fully saturated rings. The first-order valence-corrected chi connectivity index (χ1v) is 9.12. The van der Waals surface area contributed by atoms with Gasteiger partial charge in [0.25, 0.3) is 0 Å². The average Bonchev–Trinajstić information content (AvgIpc) is 3.25. The maximum Gasteiger partial charge on any atom is 0.194 e. The maximum atomic E-state index is 9.99. The fourth-order valence-corrected chi connectivity index (χ4v) is 2.77. The van der Waals surface area contributed by atoms with Gasteiger partial charge in [-0.15, -0.1) is 11.3 Å². The average molecular weight is 340 g/mol. The summed E-state index contributed by atoms with van der Waals surface area (Å²) in [7, 11) is 1.98. The molecule has 6 nitrogen and oxygen atoms in total. The number of rotatable bonds is 9. The zero-order chi connectivity index (χ0) is 16.7. The van der Waals surface area contributed by atoms with Crippen molar-refractivity contribution in [3.63, 3.8) is 0 Å². The predicted octanol–water partition coefficient (Wildman–Crippen LogP) is 1.64. The Morgan fingerprint density at radius 3 is 3.00 bits per heavy atom. The summed E-state index contributed by atoms with van der Waals surface area (Å²) >= 11 is 1.65. The van der Waals surface area contributed by atoms with E-state index in [1.165, 1.54) is 12.8 Å². The number of nitrogens with one attached hydrogen (secondary N) is 1. The molecular weight excluding hydrogens is 312 g/mol. The lowest BCUT2D eigenvalue weighted by Crippen LogP contribution is -2.39. The highest BCUT2D eigenvalue weighted by atomic mass is 32.1. The molecule has 1 atom stereocenters. The van der Waals surface area contributed by atoms with Crippen molar-refractivity contribution in [2.45, 2.75) is 39.3 Å². The molecule has 1 aromatic rings. The fraction of sp³-hybridized carbons (Fsp3) is 0.750. The molecule has 0 aromatic carbocycles. The number of thiazole rings is 1. The molecule has 0 spiro atoms. The van der Waals surface area contributed by atoms with Crippen LogP contribution in [0.2, 0.25) is 0 Å². The molecule has 0 saturated heterocycles. The van der Waals surface area contributed by atoms with E-state index in [-0.39, 0.29) is 0 Å². The van der Waals surface area contributed by atoms with Crippen molar-refractivity contribution in [2.75, 3.05) is 33.4 Å². The SMILES string of the molecule is CCNC(=NCC(O)COCC1CC1)N(C)Cc1csc(C)n1. The minimum Gasteiger partial charge on any atom is -0.389 e. The number of aliphatic hydroxyl groups excluding tert-OH is 1. The summed E-state index contributed by atoms with van der Waals surface area (Å²) in [6.07, 6.45) is 1.97. The maximum absolute atomic E-state index is 9.99. The number of guanidine groups is 1. The Morgan fingerprint density at radius 1 is 1.61 bits per heavy atom. The molecule has 130 valence electrons. The molecule has 0 amide bonds. The lowest BCUT2D eigenvalue weighted by molar-refractivity contribution is 0.0367. The van der Waals surface area contributed by atoms with E-state index in [1.807, 2.05) is 25.8 Å². The number of aryl methyl sites for hydroxylation is 1. The second-order valence-electron chi connectivity index (χ2n) is 6.04. The van der Waals surface area contributed by atoms with Gasteiger partial charge in [-0.1, -0.05) is 0 Å². The van der Waals surface area contributed by atoms with Crippen molar-refractivity contribution in [3.05, 3.63) is 16.1 Å². The Hall–Kier alpha value is -1.18. The molecule has 7 heteroatoms. The smallest absolute Gasteiger partial charge is 0.194 e. The molecule has 1 heterocycles. The zero-order valence-electron chi connectivity index (χ0n) is 14.3. The first-order chi connectivity index (χ1) is 11.1. The Labute approximate surface area is 142 Å². The van der Waals surface area contributed by atoms with Crippen molar-refractivity contribution in [1.82, 2.24) is 15.2 Å². The highest BCUT2D eigenvalue weighted by molar-refractivity contribution is 7.09. The predicted molar refractivity (Wildman–Crippen MR) is 93.8 cm³/mol. The summed E-state index contributed by atoms with van der Waals surface area (Å²) in [5, 5.41) is 16.4. The van der Waals surface area contributed by atoms with E-state index in [9.17, 15) is 5.11 Å². The molecule has 1 saturated carbocycles. The van der Waals surface area contributed by atoms with Crippen LogP contribution in [-0.4, -0.2) is 60.4 Å². The van der Waals surface area contributed by atoms with Gasteiger partial charge in [-0.25, -0.2) is 4.98 Å². The third-order valence-corrected chi connectivity index (χ3v) is 4.40. The molecule has 0 bridgehead atoms. The van der Waals surface area contributed by atoms with Crippen LogP contribution >= 0.6 is 11.3 Å². The van der Waals surface area contributed by atoms with E-state index in [4.69, 9.17) is 4.74 Å². The van der Waals surface area contributed by atoms with Crippen molar-refractivity contribution < 1.29 is 9.84 Å². The third-order valence-electron chi connectivity index (χ3n) is 3.57. The van der Waals surface area contributed by atoms with E-state index in [0.29, 0.717) is 19.7 Å². The molecule has 0 aliphatic heterocycles. The lowest BCUT2D eigenvalue weighted by Gasteiger charge is -2.21. The van der Waals surface area contributed by atoms with Gasteiger partial charge in [0.05, 0.1) is 36.5 Å². The van der Waals surface area contributed by atoms with E-state index in [0.717, 1.165) is 35.7 Å². The second kappa shape index (κ2) is 9.20. The van der Waals surface area contributed by atoms with Crippen LogP contribution in [0.15, 0.2) is 10.4 Å². The molecule has 2 rings (SSSR count). The molecule has 1 unspecified atom stereocenters. The van der Waals surface area contributed by atoms with Crippen molar-refractivity contribution in [2.24, 2.45) is 10.9 Å². The van der Waals surface area contributed by atoms with Crippen LogP contribution in [0, 0.1) is 12.8 Å². The Bertz CT molecular complexity index is 502. The number of hydrogen-bond acceptors (Lipinski definition) is 5. The van der Waals surface area contributed by atoms with E-state index < -0.39 is 6.10 Å². The highest BCUT2D eigenvalue weighted by Crippen LogP contribution is 2.28. The monoisotopic (exact) mass is 340 g/mol. The van der Waals surface area contributed by atoms with Gasteiger partial charge >= 0.3 is 0 Å². The Kier molecular flexibility index (Phi) is 7.26. The number of aromatic nitrogens is 1. The van der Waals surface area contributed by atoms with Gasteiger partial charge < -0.3 is 20.1 Å². The fourth-order valence-electron chi connectivity index (χ4n) is 2.17. The van der Waals surface area contributed by atoms with Crippen LogP contribution in [0.25, 0.3) is 0 Å². The van der Waals surface area contributed by atoms with Gasteiger partial charge in [0.1, 0.15) is 0 Å². The van der Waals surface area contributed by atoms with Crippen LogP contribution in [0.3, 0.4) is 0 Å². The zero-order valence-corrected chi connectivity index (χ0v) is 15.1. The molecule has 23 heavy (non-hydrogen) atoms. The number of aliphatic hydroxyl groups is 1. The molecule has 1 aliphatic carbocycles. The Balaban J connectivity index is 1.79. The first kappa shape index (κ1) is 18.2. The van der Waals surface area contributed by atoms with E-state index >= 15 is 0 Å². The Morgan fingerprint density at radius 2 is 2.39 bits per heavy atom. The quantitative estimate of drug-likeness (QED) is 0.528. The second-order valence-corrected chi connectivity index (χ2v) is 7.11. The van der Waals surface area contributed by atoms with E-state index in [1.54, 1.807) is 11.3 Å². The topological polar surface area (TPSA) is 70.0 Å². The van der Waals surface area contributed by atoms with Gasteiger partial charge in [-0.05, 0) is 32.6 Å². The number of hydrogen-bond donors (Lipinski definition) is 2. The van der Waals surface area contributed by atoms with Crippen LogP contribution in [0.1, 0.15) is 30.5 Å². The summed E-state index contributed by atoms with van der Waals surface area (Å²) in [5.74, 6) is 1.50. The third kappa shape index (κ3) is 6.85. The summed E-state index contributed by atoms with van der Waals surface area (Å²) < 4.78 is 5.51. The first-order valence-electron chi connectivity index (χ1n) is 8.24. The summed E-state index contributed by atoms with van der Waals surface area (Å²) in [6.45, 7) is 6.99. The summed E-state index contributed by atoms with van der Waals surface area (Å²) in [4.78, 5) is 11.0. The number of nitrogens with zero attached hydrogens (tertiary/aromatic N) is 3. The molecule has 2 N–H and O–H groups in total.